The lowest BCUT2D eigenvalue weighted by atomic mass is 10.2. The highest BCUT2D eigenvalue weighted by molar-refractivity contribution is 5.58. The highest BCUT2D eigenvalue weighted by atomic mass is 16.5. The molecule has 0 radical (unpaired) electrons. The molecule has 4 heterocycles. The van der Waals surface area contributed by atoms with E-state index in [1.165, 1.54) is 0 Å². The van der Waals surface area contributed by atoms with Crippen molar-refractivity contribution in [2.24, 2.45) is 0 Å². The van der Waals surface area contributed by atoms with Crippen LogP contribution in [0.15, 0.2) is 36.9 Å². The quantitative estimate of drug-likeness (QED) is 0.717. The summed E-state index contributed by atoms with van der Waals surface area (Å²) >= 11 is 0. The lowest BCUT2D eigenvalue weighted by Crippen LogP contribution is -2.38. The van der Waals surface area contributed by atoms with Gasteiger partial charge in [0.25, 0.3) is 0 Å². The molecule has 0 aromatic carbocycles. The molecule has 7 heteroatoms. The number of rotatable bonds is 4. The van der Waals surface area contributed by atoms with Gasteiger partial charge in [-0.1, -0.05) is 0 Å². The third-order valence-corrected chi connectivity index (χ3v) is 3.93. The molecule has 0 unspecified atom stereocenters. The van der Waals surface area contributed by atoms with Crippen molar-refractivity contribution in [2.75, 3.05) is 32.8 Å². The maximum Gasteiger partial charge on any atom is 0.153 e. The fourth-order valence-electron chi connectivity index (χ4n) is 2.66. The monoisotopic (exact) mass is 298 g/mol. The molecule has 1 saturated heterocycles. The van der Waals surface area contributed by atoms with Gasteiger partial charge in [-0.2, -0.15) is 10.2 Å². The first-order valence-electron chi connectivity index (χ1n) is 7.52. The molecule has 0 amide bonds. The summed E-state index contributed by atoms with van der Waals surface area (Å²) in [7, 11) is 0. The van der Waals surface area contributed by atoms with Crippen LogP contribution in [0.2, 0.25) is 0 Å². The highest BCUT2D eigenvalue weighted by Gasteiger charge is 2.10. The Balaban J connectivity index is 1.46. The number of imidazole rings is 1. The zero-order valence-electron chi connectivity index (χ0n) is 12.3. The van der Waals surface area contributed by atoms with Gasteiger partial charge in [0.15, 0.2) is 5.65 Å². The molecule has 0 spiro atoms. The van der Waals surface area contributed by atoms with Crippen molar-refractivity contribution in [2.45, 2.75) is 6.54 Å². The Morgan fingerprint density at radius 3 is 2.95 bits per heavy atom. The summed E-state index contributed by atoms with van der Waals surface area (Å²) in [5.41, 5.74) is 2.78. The summed E-state index contributed by atoms with van der Waals surface area (Å²) in [6.07, 6.45) is 7.51. The van der Waals surface area contributed by atoms with Crippen LogP contribution in [0.3, 0.4) is 0 Å². The van der Waals surface area contributed by atoms with Gasteiger partial charge in [-0.3, -0.25) is 9.58 Å². The minimum Gasteiger partial charge on any atom is -0.379 e. The fourth-order valence-corrected chi connectivity index (χ4v) is 2.66. The van der Waals surface area contributed by atoms with Gasteiger partial charge in [0, 0.05) is 43.8 Å². The molecule has 0 atom stereocenters. The Labute approximate surface area is 128 Å². The minimum atomic E-state index is 0.833. The number of aromatic nitrogens is 5. The molecule has 3 aromatic heterocycles. The Morgan fingerprint density at radius 1 is 1.14 bits per heavy atom. The van der Waals surface area contributed by atoms with Crippen LogP contribution in [0.4, 0.5) is 0 Å². The van der Waals surface area contributed by atoms with Crippen molar-refractivity contribution in [3.8, 4) is 11.3 Å². The van der Waals surface area contributed by atoms with Crippen LogP contribution in [0.1, 0.15) is 0 Å². The number of fused-ring (bicyclic) bond motifs is 1. The lowest BCUT2D eigenvalue weighted by Gasteiger charge is -2.26. The lowest BCUT2D eigenvalue weighted by molar-refractivity contribution is 0.0360. The number of morpholine rings is 1. The van der Waals surface area contributed by atoms with Crippen molar-refractivity contribution in [1.82, 2.24) is 29.3 Å². The van der Waals surface area contributed by atoms with Gasteiger partial charge in [0.05, 0.1) is 31.6 Å². The third kappa shape index (κ3) is 2.72. The molecule has 7 nitrogen and oxygen atoms in total. The van der Waals surface area contributed by atoms with Crippen LogP contribution in [0.25, 0.3) is 16.9 Å². The van der Waals surface area contributed by atoms with Crippen LogP contribution in [-0.4, -0.2) is 62.1 Å². The molecule has 0 saturated carbocycles. The van der Waals surface area contributed by atoms with E-state index < -0.39 is 0 Å². The van der Waals surface area contributed by atoms with E-state index in [9.17, 15) is 0 Å². The third-order valence-electron chi connectivity index (χ3n) is 3.93. The zero-order valence-corrected chi connectivity index (χ0v) is 12.3. The number of hydrogen-bond donors (Lipinski definition) is 0. The molecule has 4 rings (SSSR count). The second kappa shape index (κ2) is 5.86. The Bertz CT molecular complexity index is 758. The second-order valence-corrected chi connectivity index (χ2v) is 5.39. The standard InChI is InChI=1S/C15H18N6O/c1-2-15-16-3-4-21(15)18-14(1)13-11-17-20(12-13)6-5-19-7-9-22-10-8-19/h1-4,11-12H,5-10H2. The first-order valence-corrected chi connectivity index (χ1v) is 7.52. The van der Waals surface area contributed by atoms with E-state index >= 15 is 0 Å². The minimum absolute atomic E-state index is 0.833. The maximum atomic E-state index is 5.36. The normalized spacial score (nSPS) is 16.4. The summed E-state index contributed by atoms with van der Waals surface area (Å²) in [4.78, 5) is 6.61. The average Bonchev–Trinajstić information content (AvgIpc) is 3.22. The molecule has 3 aromatic rings. The van der Waals surface area contributed by atoms with Crippen molar-refractivity contribution < 1.29 is 4.74 Å². The number of hydrogen-bond acceptors (Lipinski definition) is 5. The van der Waals surface area contributed by atoms with Crippen LogP contribution < -0.4 is 0 Å². The van der Waals surface area contributed by atoms with Crippen LogP contribution in [0, 0.1) is 0 Å². The van der Waals surface area contributed by atoms with E-state index in [1.807, 2.05) is 35.4 Å². The van der Waals surface area contributed by atoms with E-state index in [1.54, 1.807) is 10.7 Å². The largest absolute Gasteiger partial charge is 0.379 e. The summed E-state index contributed by atoms with van der Waals surface area (Å²) in [6.45, 7) is 5.56. The number of nitrogens with zero attached hydrogens (tertiary/aromatic N) is 6. The first-order chi connectivity index (χ1) is 10.9. The van der Waals surface area contributed by atoms with E-state index in [4.69, 9.17) is 4.74 Å². The average molecular weight is 298 g/mol. The topological polar surface area (TPSA) is 60.5 Å². The second-order valence-electron chi connectivity index (χ2n) is 5.39. The van der Waals surface area contributed by atoms with E-state index in [2.05, 4.69) is 20.1 Å². The molecular weight excluding hydrogens is 280 g/mol. The molecule has 0 N–H and O–H groups in total. The summed E-state index contributed by atoms with van der Waals surface area (Å²) in [5.74, 6) is 0. The molecule has 1 aliphatic rings. The summed E-state index contributed by atoms with van der Waals surface area (Å²) < 4.78 is 9.12. The zero-order chi connectivity index (χ0) is 14.8. The molecule has 0 bridgehead atoms. The van der Waals surface area contributed by atoms with Gasteiger partial charge < -0.3 is 4.74 Å². The Kier molecular flexibility index (Phi) is 3.57. The molecule has 114 valence electrons. The molecule has 1 aliphatic heterocycles. The Hall–Kier alpha value is -2.25. The molecule has 1 fully saturated rings. The van der Waals surface area contributed by atoms with E-state index in [0.29, 0.717) is 0 Å². The van der Waals surface area contributed by atoms with Crippen molar-refractivity contribution in [3.63, 3.8) is 0 Å². The van der Waals surface area contributed by atoms with Crippen LogP contribution in [-0.2, 0) is 11.3 Å². The smallest absolute Gasteiger partial charge is 0.153 e. The number of ether oxygens (including phenoxy) is 1. The van der Waals surface area contributed by atoms with E-state index in [0.717, 1.165) is 56.3 Å². The maximum absolute atomic E-state index is 5.36. The van der Waals surface area contributed by atoms with Gasteiger partial charge in [-0.05, 0) is 12.1 Å². The van der Waals surface area contributed by atoms with Crippen molar-refractivity contribution in [1.29, 1.82) is 0 Å². The first kappa shape index (κ1) is 13.4. The highest BCUT2D eigenvalue weighted by Crippen LogP contribution is 2.16. The fraction of sp³-hybridized carbons (Fsp3) is 0.400. The van der Waals surface area contributed by atoms with Gasteiger partial charge >= 0.3 is 0 Å². The predicted octanol–water partition coefficient (Wildman–Crippen LogP) is 0.925. The predicted molar refractivity (Wildman–Crippen MR) is 81.5 cm³/mol. The van der Waals surface area contributed by atoms with Crippen LogP contribution >= 0.6 is 0 Å². The molecule has 0 aliphatic carbocycles. The van der Waals surface area contributed by atoms with Gasteiger partial charge in [-0.25, -0.2) is 9.50 Å². The molecular formula is C15H18N6O. The van der Waals surface area contributed by atoms with Crippen molar-refractivity contribution in [3.05, 3.63) is 36.9 Å². The molecule has 22 heavy (non-hydrogen) atoms. The van der Waals surface area contributed by atoms with Crippen LogP contribution in [0.5, 0.6) is 0 Å². The Morgan fingerprint density at radius 2 is 2.05 bits per heavy atom. The van der Waals surface area contributed by atoms with E-state index in [-0.39, 0.29) is 0 Å². The summed E-state index contributed by atoms with van der Waals surface area (Å²) in [5, 5.41) is 8.98. The van der Waals surface area contributed by atoms with Crippen molar-refractivity contribution >= 4 is 5.65 Å². The van der Waals surface area contributed by atoms with Gasteiger partial charge in [0.2, 0.25) is 0 Å². The summed E-state index contributed by atoms with van der Waals surface area (Å²) in [6, 6.07) is 3.94. The van der Waals surface area contributed by atoms with Gasteiger partial charge in [0.1, 0.15) is 0 Å². The van der Waals surface area contributed by atoms with Gasteiger partial charge in [-0.15, -0.1) is 0 Å². The SMILES string of the molecule is c1cn2nc(-c3cnn(CCN4CCOCC4)c3)ccc2n1.